The summed E-state index contributed by atoms with van der Waals surface area (Å²) in [5, 5.41) is 13.7. The number of ketones is 1. The smallest absolute Gasteiger partial charge is 0.271 e. The molecule has 1 N–H and O–H groups in total. The summed E-state index contributed by atoms with van der Waals surface area (Å²) >= 11 is 0. The highest BCUT2D eigenvalue weighted by Crippen LogP contribution is 2.27. The van der Waals surface area contributed by atoms with Crippen LogP contribution in [0.15, 0.2) is 48.5 Å². The average molecular weight is 419 g/mol. The second-order valence-electron chi connectivity index (χ2n) is 6.39. The Balaban J connectivity index is 2.42. The molecule has 0 aliphatic heterocycles. The van der Waals surface area contributed by atoms with E-state index in [1.807, 2.05) is 0 Å². The minimum Gasteiger partial charge on any atom is -0.324 e. The largest absolute Gasteiger partial charge is 0.324 e. The number of non-ortho nitro benzene ring substituents is 1. The van der Waals surface area contributed by atoms with Gasteiger partial charge >= 0.3 is 0 Å². The van der Waals surface area contributed by atoms with Crippen molar-refractivity contribution in [3.8, 4) is 0 Å². The molecule has 0 radical (unpaired) electrons. The summed E-state index contributed by atoms with van der Waals surface area (Å²) in [4.78, 5) is 34.8. The lowest BCUT2D eigenvalue weighted by atomic mass is 10.1. The number of benzene rings is 2. The molecule has 0 saturated carbocycles. The number of sulfonamides is 1. The van der Waals surface area contributed by atoms with Gasteiger partial charge in [-0.3, -0.25) is 24.0 Å². The van der Waals surface area contributed by atoms with Gasteiger partial charge in [-0.25, -0.2) is 8.42 Å². The Bertz CT molecular complexity index is 1050. The number of Topliss-reactive ketones (excluding diaryl/α,β-unsaturated/α-hetero) is 1. The van der Waals surface area contributed by atoms with E-state index >= 15 is 0 Å². The van der Waals surface area contributed by atoms with Gasteiger partial charge in [0.15, 0.2) is 5.78 Å². The van der Waals surface area contributed by atoms with Crippen LogP contribution in [0.5, 0.6) is 0 Å². The molecule has 1 atom stereocenters. The van der Waals surface area contributed by atoms with Crippen LogP contribution < -0.4 is 9.62 Å². The number of carbonyl (C=O) groups excluding carboxylic acids is 2. The number of hydrogen-bond acceptors (Lipinski definition) is 6. The third kappa shape index (κ3) is 5.38. The van der Waals surface area contributed by atoms with Gasteiger partial charge in [-0.15, -0.1) is 0 Å². The van der Waals surface area contributed by atoms with Gasteiger partial charge in [-0.2, -0.15) is 0 Å². The number of hydrogen-bond donors (Lipinski definition) is 1. The van der Waals surface area contributed by atoms with Crippen LogP contribution in [0.1, 0.15) is 30.6 Å². The monoisotopic (exact) mass is 419 g/mol. The molecule has 2 rings (SSSR count). The number of nitro benzene ring substituents is 1. The number of nitro groups is 1. The summed E-state index contributed by atoms with van der Waals surface area (Å²) in [6.07, 6.45) is 1.05. The van der Waals surface area contributed by atoms with Crippen LogP contribution in [-0.2, 0) is 14.8 Å². The first-order chi connectivity index (χ1) is 13.5. The predicted molar refractivity (Wildman–Crippen MR) is 110 cm³/mol. The fourth-order valence-electron chi connectivity index (χ4n) is 2.85. The van der Waals surface area contributed by atoms with Gasteiger partial charge < -0.3 is 5.32 Å². The predicted octanol–water partition coefficient (Wildman–Crippen LogP) is 2.98. The summed E-state index contributed by atoms with van der Waals surface area (Å²) in [5.74, 6) is -0.798. The summed E-state index contributed by atoms with van der Waals surface area (Å²) in [6, 6.07) is 10.2. The molecule has 154 valence electrons. The van der Waals surface area contributed by atoms with Gasteiger partial charge in [0.05, 0.1) is 16.9 Å². The van der Waals surface area contributed by atoms with Gasteiger partial charge in [-0.1, -0.05) is 25.1 Å². The lowest BCUT2D eigenvalue weighted by Gasteiger charge is -2.30. The summed E-state index contributed by atoms with van der Waals surface area (Å²) in [6.45, 7) is 3.02. The van der Waals surface area contributed by atoms with E-state index in [-0.39, 0.29) is 23.6 Å². The van der Waals surface area contributed by atoms with Crippen molar-refractivity contribution in [3.63, 3.8) is 0 Å². The second-order valence-corrected chi connectivity index (χ2v) is 8.25. The van der Waals surface area contributed by atoms with Crippen molar-refractivity contribution in [1.82, 2.24) is 0 Å². The highest BCUT2D eigenvalue weighted by Gasteiger charge is 2.32. The fourth-order valence-corrected chi connectivity index (χ4v) is 4.05. The van der Waals surface area contributed by atoms with Gasteiger partial charge in [-0.05, 0) is 31.5 Å². The topological polar surface area (TPSA) is 127 Å². The quantitative estimate of drug-likeness (QED) is 0.398. The number of nitrogens with one attached hydrogen (secondary N) is 1. The summed E-state index contributed by atoms with van der Waals surface area (Å²) < 4.78 is 25.8. The zero-order valence-electron chi connectivity index (χ0n) is 16.2. The highest BCUT2D eigenvalue weighted by molar-refractivity contribution is 7.92. The second kappa shape index (κ2) is 8.82. The summed E-state index contributed by atoms with van der Waals surface area (Å²) in [5.41, 5.74) is 0.463. The van der Waals surface area contributed by atoms with E-state index in [0.717, 1.165) is 16.6 Å². The van der Waals surface area contributed by atoms with Crippen LogP contribution in [0.4, 0.5) is 17.1 Å². The molecule has 0 spiro atoms. The Morgan fingerprint density at radius 2 is 1.83 bits per heavy atom. The van der Waals surface area contributed by atoms with Crippen molar-refractivity contribution in [2.75, 3.05) is 15.9 Å². The molecular weight excluding hydrogens is 398 g/mol. The first kappa shape index (κ1) is 22.0. The van der Waals surface area contributed by atoms with Crippen LogP contribution >= 0.6 is 0 Å². The minimum absolute atomic E-state index is 0.0150. The molecule has 2 aromatic rings. The molecular formula is C19H21N3O6S. The minimum atomic E-state index is -3.93. The molecule has 1 amide bonds. The lowest BCUT2D eigenvalue weighted by Crippen LogP contribution is -2.47. The van der Waals surface area contributed by atoms with Crippen LogP contribution in [-0.4, -0.2) is 37.3 Å². The van der Waals surface area contributed by atoms with Crippen LogP contribution in [0, 0.1) is 10.1 Å². The van der Waals surface area contributed by atoms with E-state index in [2.05, 4.69) is 5.32 Å². The normalized spacial score (nSPS) is 12.1. The molecule has 0 aliphatic carbocycles. The standard InChI is InChI=1S/C19H21N3O6S/c1-4-18(19(24)20-15-8-5-7-14(11-15)13(2)23)21(29(3,27)28)16-9-6-10-17(12-16)22(25)26/h5-12,18H,4H2,1-3H3,(H,20,24)/t18-/m1/s1. The third-order valence-electron chi connectivity index (χ3n) is 4.16. The van der Waals surface area contributed by atoms with E-state index in [0.29, 0.717) is 11.3 Å². The molecule has 0 bridgehead atoms. The average Bonchev–Trinajstić information content (AvgIpc) is 2.65. The van der Waals surface area contributed by atoms with Gasteiger partial charge in [0.1, 0.15) is 6.04 Å². The number of rotatable bonds is 8. The van der Waals surface area contributed by atoms with E-state index in [4.69, 9.17) is 0 Å². The SMILES string of the molecule is CC[C@H](C(=O)Nc1cccc(C(C)=O)c1)N(c1cccc([N+](=O)[O-])c1)S(C)(=O)=O. The lowest BCUT2D eigenvalue weighted by molar-refractivity contribution is -0.384. The molecule has 10 heteroatoms. The van der Waals surface area contributed by atoms with Crippen LogP contribution in [0.2, 0.25) is 0 Å². The molecule has 0 fully saturated rings. The third-order valence-corrected chi connectivity index (χ3v) is 5.34. The Morgan fingerprint density at radius 3 is 2.38 bits per heavy atom. The Kier molecular flexibility index (Phi) is 6.70. The molecule has 29 heavy (non-hydrogen) atoms. The first-order valence-electron chi connectivity index (χ1n) is 8.70. The number of anilines is 2. The van der Waals surface area contributed by atoms with Crippen molar-refractivity contribution in [3.05, 3.63) is 64.2 Å². The van der Waals surface area contributed by atoms with E-state index < -0.39 is 26.9 Å². The van der Waals surface area contributed by atoms with Gasteiger partial charge in [0.25, 0.3) is 5.69 Å². The van der Waals surface area contributed by atoms with Crippen molar-refractivity contribution >= 4 is 38.8 Å². The number of amides is 1. The van der Waals surface area contributed by atoms with E-state index in [1.165, 1.54) is 31.2 Å². The van der Waals surface area contributed by atoms with Gasteiger partial charge in [0, 0.05) is 23.4 Å². The van der Waals surface area contributed by atoms with Crippen molar-refractivity contribution in [2.24, 2.45) is 0 Å². The van der Waals surface area contributed by atoms with Crippen molar-refractivity contribution in [1.29, 1.82) is 0 Å². The highest BCUT2D eigenvalue weighted by atomic mass is 32.2. The van der Waals surface area contributed by atoms with Gasteiger partial charge in [0.2, 0.25) is 15.9 Å². The molecule has 0 saturated heterocycles. The summed E-state index contributed by atoms with van der Waals surface area (Å²) in [7, 11) is -3.93. The maximum Gasteiger partial charge on any atom is 0.271 e. The van der Waals surface area contributed by atoms with Crippen LogP contribution in [0.3, 0.4) is 0 Å². The number of nitrogens with zero attached hydrogens (tertiary/aromatic N) is 2. The molecule has 0 aromatic heterocycles. The zero-order chi connectivity index (χ0) is 21.8. The molecule has 0 unspecified atom stereocenters. The van der Waals surface area contributed by atoms with E-state index in [9.17, 15) is 28.1 Å². The Hall–Kier alpha value is -3.27. The molecule has 2 aromatic carbocycles. The molecule has 0 heterocycles. The Morgan fingerprint density at radius 1 is 1.17 bits per heavy atom. The number of carbonyl (C=O) groups is 2. The van der Waals surface area contributed by atoms with E-state index in [1.54, 1.807) is 25.1 Å². The first-order valence-corrected chi connectivity index (χ1v) is 10.5. The molecule has 9 nitrogen and oxygen atoms in total. The van der Waals surface area contributed by atoms with Crippen LogP contribution in [0.25, 0.3) is 0 Å². The maximum absolute atomic E-state index is 12.9. The Labute approximate surface area is 168 Å². The zero-order valence-corrected chi connectivity index (χ0v) is 17.0. The fraction of sp³-hybridized carbons (Fsp3) is 0.263. The molecule has 0 aliphatic rings. The van der Waals surface area contributed by atoms with Crippen molar-refractivity contribution < 1.29 is 22.9 Å². The van der Waals surface area contributed by atoms with Crippen molar-refractivity contribution in [2.45, 2.75) is 26.3 Å². The maximum atomic E-state index is 12.9.